The first-order chi connectivity index (χ1) is 11.0. The molecule has 0 atom stereocenters. The van der Waals surface area contributed by atoms with Gasteiger partial charge in [-0.3, -0.25) is 0 Å². The first-order valence-corrected chi connectivity index (χ1v) is 7.53. The van der Waals surface area contributed by atoms with Crippen LogP contribution in [0.3, 0.4) is 0 Å². The third-order valence-corrected chi connectivity index (χ3v) is 3.71. The maximum atomic E-state index is 12.2. The van der Waals surface area contributed by atoms with Crippen LogP contribution in [0.4, 0.5) is 0 Å². The number of aromatic nitrogens is 2. The van der Waals surface area contributed by atoms with Crippen molar-refractivity contribution in [3.63, 3.8) is 0 Å². The molecule has 0 aliphatic rings. The highest BCUT2D eigenvalue weighted by Gasteiger charge is 2.11. The quantitative estimate of drug-likeness (QED) is 0.530. The Kier molecular flexibility index (Phi) is 4.17. The number of nitrogens with zero attached hydrogens (tertiary/aromatic N) is 2. The highest BCUT2D eigenvalue weighted by atomic mass is 35.5. The number of halogens is 1. The molecule has 1 aromatic heterocycles. The standard InChI is InChI=1S/C18H15ClN2O2/c1-12-11-13(2)21(20-12)15-9-7-14(8-10-15)18(22)23-17-6-4-3-5-16(17)19/h3-11H,1-2H3. The molecule has 0 aliphatic carbocycles. The van der Waals surface area contributed by atoms with E-state index in [1.165, 1.54) is 0 Å². The van der Waals surface area contributed by atoms with Crippen molar-refractivity contribution in [2.45, 2.75) is 13.8 Å². The fraction of sp³-hybridized carbons (Fsp3) is 0.111. The van der Waals surface area contributed by atoms with Crippen molar-refractivity contribution in [3.05, 3.63) is 76.6 Å². The van der Waals surface area contributed by atoms with Gasteiger partial charge in [0.2, 0.25) is 0 Å². The Balaban J connectivity index is 1.81. The predicted octanol–water partition coefficient (Wildman–Crippen LogP) is 4.36. The normalized spacial score (nSPS) is 10.6. The van der Waals surface area contributed by atoms with E-state index in [4.69, 9.17) is 16.3 Å². The molecule has 116 valence electrons. The van der Waals surface area contributed by atoms with Gasteiger partial charge in [0.15, 0.2) is 0 Å². The summed E-state index contributed by atoms with van der Waals surface area (Å²) in [5.74, 6) is -0.0974. The van der Waals surface area contributed by atoms with Gasteiger partial charge in [0.25, 0.3) is 0 Å². The van der Waals surface area contributed by atoms with Crippen molar-refractivity contribution >= 4 is 17.6 Å². The van der Waals surface area contributed by atoms with Crippen molar-refractivity contribution in [1.29, 1.82) is 0 Å². The van der Waals surface area contributed by atoms with Crippen LogP contribution in [-0.4, -0.2) is 15.7 Å². The Hall–Kier alpha value is -2.59. The van der Waals surface area contributed by atoms with Crippen LogP contribution in [-0.2, 0) is 0 Å². The number of benzene rings is 2. The number of carbonyl (C=O) groups is 1. The summed E-state index contributed by atoms with van der Waals surface area (Å²) in [6.07, 6.45) is 0. The van der Waals surface area contributed by atoms with Crippen molar-refractivity contribution in [2.24, 2.45) is 0 Å². The first-order valence-electron chi connectivity index (χ1n) is 7.15. The largest absolute Gasteiger partial charge is 0.421 e. The van der Waals surface area contributed by atoms with Crippen LogP contribution in [0.15, 0.2) is 54.6 Å². The van der Waals surface area contributed by atoms with E-state index in [2.05, 4.69) is 5.10 Å². The van der Waals surface area contributed by atoms with Crippen LogP contribution in [0, 0.1) is 13.8 Å². The van der Waals surface area contributed by atoms with E-state index < -0.39 is 5.97 Å². The number of carbonyl (C=O) groups excluding carboxylic acids is 1. The number of rotatable bonds is 3. The summed E-state index contributed by atoms with van der Waals surface area (Å²) >= 11 is 5.99. The fourth-order valence-electron chi connectivity index (χ4n) is 2.32. The van der Waals surface area contributed by atoms with Gasteiger partial charge in [0.05, 0.1) is 22.0 Å². The number of aryl methyl sites for hydroxylation is 2. The molecule has 0 unspecified atom stereocenters. The Labute approximate surface area is 139 Å². The highest BCUT2D eigenvalue weighted by molar-refractivity contribution is 6.32. The van der Waals surface area contributed by atoms with Gasteiger partial charge in [-0.05, 0) is 56.3 Å². The summed E-state index contributed by atoms with van der Waals surface area (Å²) in [5.41, 5.74) is 3.33. The topological polar surface area (TPSA) is 44.1 Å². The lowest BCUT2D eigenvalue weighted by Crippen LogP contribution is -2.09. The number of ether oxygens (including phenoxy) is 1. The van der Waals surface area contributed by atoms with Gasteiger partial charge >= 0.3 is 5.97 Å². The summed E-state index contributed by atoms with van der Waals surface area (Å²) in [4.78, 5) is 12.2. The third-order valence-electron chi connectivity index (χ3n) is 3.40. The summed E-state index contributed by atoms with van der Waals surface area (Å²) in [7, 11) is 0. The number of hydrogen-bond donors (Lipinski definition) is 0. The minimum atomic E-state index is -0.446. The molecule has 0 aliphatic heterocycles. The minimum absolute atomic E-state index is 0.349. The molecule has 0 N–H and O–H groups in total. The third kappa shape index (κ3) is 3.27. The lowest BCUT2D eigenvalue weighted by molar-refractivity contribution is 0.0735. The van der Waals surface area contributed by atoms with E-state index in [-0.39, 0.29) is 0 Å². The maximum Gasteiger partial charge on any atom is 0.343 e. The predicted molar refractivity (Wildman–Crippen MR) is 89.4 cm³/mol. The number of esters is 1. The van der Waals surface area contributed by atoms with Gasteiger partial charge < -0.3 is 4.74 Å². The second-order valence-corrected chi connectivity index (χ2v) is 5.61. The molecule has 5 heteroatoms. The van der Waals surface area contributed by atoms with Crippen molar-refractivity contribution in [2.75, 3.05) is 0 Å². The molecule has 0 saturated heterocycles. The second kappa shape index (κ2) is 6.26. The maximum absolute atomic E-state index is 12.2. The van der Waals surface area contributed by atoms with Crippen molar-refractivity contribution in [1.82, 2.24) is 9.78 Å². The molecular formula is C18H15ClN2O2. The molecule has 3 aromatic rings. The fourth-order valence-corrected chi connectivity index (χ4v) is 2.49. The zero-order valence-corrected chi connectivity index (χ0v) is 13.5. The van der Waals surface area contributed by atoms with E-state index in [1.54, 1.807) is 36.4 Å². The van der Waals surface area contributed by atoms with E-state index in [1.807, 2.05) is 36.7 Å². The summed E-state index contributed by atoms with van der Waals surface area (Å²) in [6.45, 7) is 3.93. The zero-order valence-electron chi connectivity index (χ0n) is 12.8. The summed E-state index contributed by atoms with van der Waals surface area (Å²) in [6, 6.07) is 16.0. The first kappa shape index (κ1) is 15.3. The van der Waals surface area contributed by atoms with Crippen LogP contribution in [0.5, 0.6) is 5.75 Å². The molecule has 2 aromatic carbocycles. The van der Waals surface area contributed by atoms with Gasteiger partial charge in [-0.2, -0.15) is 5.10 Å². The lowest BCUT2D eigenvalue weighted by Gasteiger charge is -2.07. The van der Waals surface area contributed by atoms with E-state index in [0.717, 1.165) is 17.1 Å². The van der Waals surface area contributed by atoms with Gasteiger partial charge in [0.1, 0.15) is 5.75 Å². The molecular weight excluding hydrogens is 312 g/mol. The number of para-hydroxylation sites is 1. The molecule has 0 bridgehead atoms. The van der Waals surface area contributed by atoms with Crippen molar-refractivity contribution in [3.8, 4) is 11.4 Å². The van der Waals surface area contributed by atoms with Gasteiger partial charge in [-0.15, -0.1) is 0 Å². The molecule has 0 radical (unpaired) electrons. The van der Waals surface area contributed by atoms with Gasteiger partial charge in [-0.1, -0.05) is 23.7 Å². The van der Waals surface area contributed by atoms with Crippen molar-refractivity contribution < 1.29 is 9.53 Å². The molecule has 23 heavy (non-hydrogen) atoms. The van der Waals surface area contributed by atoms with Crippen LogP contribution in [0.25, 0.3) is 5.69 Å². The molecule has 1 heterocycles. The van der Waals surface area contributed by atoms with Crippen LogP contribution in [0.1, 0.15) is 21.7 Å². The SMILES string of the molecule is Cc1cc(C)n(-c2ccc(C(=O)Oc3ccccc3Cl)cc2)n1. The average molecular weight is 327 g/mol. The van der Waals surface area contributed by atoms with E-state index in [0.29, 0.717) is 16.3 Å². The molecule has 0 fully saturated rings. The van der Waals surface area contributed by atoms with E-state index >= 15 is 0 Å². The Morgan fingerprint density at radius 2 is 1.78 bits per heavy atom. The van der Waals surface area contributed by atoms with E-state index in [9.17, 15) is 4.79 Å². The van der Waals surface area contributed by atoms with Gasteiger partial charge in [0, 0.05) is 5.69 Å². The van der Waals surface area contributed by atoms with Crippen LogP contribution < -0.4 is 4.74 Å². The molecule has 4 nitrogen and oxygen atoms in total. The molecule has 0 spiro atoms. The van der Waals surface area contributed by atoms with Crippen LogP contribution >= 0.6 is 11.6 Å². The second-order valence-electron chi connectivity index (χ2n) is 5.21. The molecule has 0 saturated carbocycles. The Morgan fingerprint density at radius 1 is 1.09 bits per heavy atom. The monoisotopic (exact) mass is 326 g/mol. The lowest BCUT2D eigenvalue weighted by atomic mass is 10.2. The average Bonchev–Trinajstić information content (AvgIpc) is 2.88. The van der Waals surface area contributed by atoms with Gasteiger partial charge in [-0.25, -0.2) is 9.48 Å². The summed E-state index contributed by atoms with van der Waals surface area (Å²) in [5, 5.41) is 4.82. The Morgan fingerprint density at radius 3 is 2.39 bits per heavy atom. The smallest absolute Gasteiger partial charge is 0.343 e. The number of hydrogen-bond acceptors (Lipinski definition) is 3. The van der Waals surface area contributed by atoms with Crippen LogP contribution in [0.2, 0.25) is 5.02 Å². The summed E-state index contributed by atoms with van der Waals surface area (Å²) < 4.78 is 7.14. The highest BCUT2D eigenvalue weighted by Crippen LogP contribution is 2.24. The molecule has 0 amide bonds. The molecule has 3 rings (SSSR count). The Bertz CT molecular complexity index is 854. The zero-order chi connectivity index (χ0) is 16.4. The minimum Gasteiger partial charge on any atom is -0.421 e.